The van der Waals surface area contributed by atoms with Crippen molar-refractivity contribution in [2.45, 2.75) is 46.5 Å². The predicted octanol–water partition coefficient (Wildman–Crippen LogP) is -0.336. The molecule has 13 nitrogen and oxygen atoms in total. The number of hydrogen-bond acceptors (Lipinski definition) is 9. The molecule has 192 valence electrons. The van der Waals surface area contributed by atoms with E-state index in [1.807, 2.05) is 0 Å². The van der Waals surface area contributed by atoms with Gasteiger partial charge in [0.2, 0.25) is 11.0 Å². The van der Waals surface area contributed by atoms with E-state index in [0.29, 0.717) is 12.3 Å². The Kier molecular flexibility index (Phi) is 13.7. The summed E-state index contributed by atoms with van der Waals surface area (Å²) in [5.41, 5.74) is 4.73. The maximum Gasteiger partial charge on any atom is 0.234 e. The zero-order valence-corrected chi connectivity index (χ0v) is 20.6. The van der Waals surface area contributed by atoms with Gasteiger partial charge in [0.15, 0.2) is 11.4 Å². The lowest BCUT2D eigenvalue weighted by molar-refractivity contribution is -0.996. The Morgan fingerprint density at radius 1 is 1.21 bits per heavy atom. The summed E-state index contributed by atoms with van der Waals surface area (Å²) in [6.07, 6.45) is 3.94. The van der Waals surface area contributed by atoms with Crippen LogP contribution in [0.5, 0.6) is 0 Å². The largest absolute Gasteiger partial charge is 0.595 e. The number of rotatable bonds is 14. The van der Waals surface area contributed by atoms with Crippen molar-refractivity contribution < 1.29 is 25.7 Å². The molecule has 14 heteroatoms. The number of hydrogen-bond donors (Lipinski definition) is 8. The Labute approximate surface area is 204 Å². The second-order valence-electron chi connectivity index (χ2n) is 7.76. The summed E-state index contributed by atoms with van der Waals surface area (Å²) >= 11 is 4.93. The lowest BCUT2D eigenvalue weighted by Crippen LogP contribution is -3.00. The third kappa shape index (κ3) is 9.92. The van der Waals surface area contributed by atoms with E-state index in [2.05, 4.69) is 40.0 Å². The third-order valence-corrected chi connectivity index (χ3v) is 5.35. The first-order valence-electron chi connectivity index (χ1n) is 11.1. The molecular formula is C20H36N8O5S. The molecule has 1 aromatic carbocycles. The zero-order chi connectivity index (χ0) is 25.7. The first-order valence-corrected chi connectivity index (χ1v) is 11.5. The van der Waals surface area contributed by atoms with Crippen LogP contribution in [0.3, 0.4) is 0 Å². The van der Waals surface area contributed by atoms with E-state index >= 15 is 0 Å². The van der Waals surface area contributed by atoms with Crippen LogP contribution in [0.4, 0.5) is 17.1 Å². The van der Waals surface area contributed by atoms with E-state index in [1.165, 1.54) is 12.1 Å². The van der Waals surface area contributed by atoms with Gasteiger partial charge in [0.25, 0.3) is 0 Å². The monoisotopic (exact) mass is 500 g/mol. The van der Waals surface area contributed by atoms with Crippen molar-refractivity contribution in [2.75, 3.05) is 25.0 Å². The van der Waals surface area contributed by atoms with Gasteiger partial charge in [-0.2, -0.15) is 15.6 Å². The molecule has 0 saturated carbocycles. The maximum absolute atomic E-state index is 13.3. The number of benzene rings is 1. The molecule has 0 bridgehead atoms. The summed E-state index contributed by atoms with van der Waals surface area (Å²) in [5, 5.41) is 45.9. The summed E-state index contributed by atoms with van der Waals surface area (Å²) in [7, 11) is 0. The van der Waals surface area contributed by atoms with Gasteiger partial charge in [-0.15, -0.1) is 0 Å². The van der Waals surface area contributed by atoms with Crippen LogP contribution in [0.1, 0.15) is 46.5 Å². The van der Waals surface area contributed by atoms with Crippen molar-refractivity contribution in [3.8, 4) is 0 Å². The molecule has 0 heterocycles. The van der Waals surface area contributed by atoms with Gasteiger partial charge in [-0.05, 0) is 51.1 Å². The number of unbranched alkanes of at least 4 members (excludes halogenated alkanes) is 2. The molecule has 1 aromatic rings. The van der Waals surface area contributed by atoms with Gasteiger partial charge >= 0.3 is 0 Å². The zero-order valence-electron chi connectivity index (χ0n) is 19.8. The predicted molar refractivity (Wildman–Crippen MR) is 133 cm³/mol. The normalized spacial score (nSPS) is 14.4. The van der Waals surface area contributed by atoms with Crippen LogP contribution in [0.2, 0.25) is 0 Å². The topological polar surface area (TPSA) is 190 Å². The van der Waals surface area contributed by atoms with Crippen LogP contribution >= 0.6 is 12.2 Å². The van der Waals surface area contributed by atoms with Crippen molar-refractivity contribution in [3.05, 3.63) is 28.6 Å². The van der Waals surface area contributed by atoms with Crippen LogP contribution < -0.4 is 32.5 Å². The molecule has 9 N–H and O–H groups in total. The van der Waals surface area contributed by atoms with Gasteiger partial charge in [0, 0.05) is 18.3 Å². The number of hydrazine groups is 1. The van der Waals surface area contributed by atoms with Crippen molar-refractivity contribution in [3.63, 3.8) is 0 Å². The summed E-state index contributed by atoms with van der Waals surface area (Å²) in [6, 6.07) is 3.52. The fourth-order valence-corrected chi connectivity index (χ4v) is 3.20. The van der Waals surface area contributed by atoms with Crippen LogP contribution in [0, 0.1) is 16.3 Å². The minimum Gasteiger partial charge on any atom is -0.595 e. The summed E-state index contributed by atoms with van der Waals surface area (Å²) in [4.78, 5) is 15.5. The SMILES string of the molecule is CCCCN(CCCC)CC(C(=O)Nc1ccc([NH+]([O-])O)cc1[NH+]([O-])O)/C(C)=N\NC(=S)NN. The lowest BCUT2D eigenvalue weighted by atomic mass is 10.0. The molecule has 3 unspecified atom stereocenters. The number of carbonyl (C=O) groups excluding carboxylic acids is 1. The number of quaternary nitrogens is 2. The molecule has 0 aliphatic heterocycles. The number of hydrazone groups is 1. The number of carbonyl (C=O) groups is 1. The average molecular weight is 501 g/mol. The molecule has 0 aromatic heterocycles. The minimum absolute atomic E-state index is 0.000992. The Bertz CT molecular complexity index is 816. The Morgan fingerprint density at radius 3 is 2.32 bits per heavy atom. The summed E-state index contributed by atoms with van der Waals surface area (Å²) in [5.74, 6) is 4.05. The minimum atomic E-state index is -1.35. The van der Waals surface area contributed by atoms with Crippen molar-refractivity contribution in [1.82, 2.24) is 15.8 Å². The van der Waals surface area contributed by atoms with E-state index in [9.17, 15) is 20.4 Å². The maximum atomic E-state index is 13.3. The Morgan fingerprint density at radius 2 is 1.82 bits per heavy atom. The van der Waals surface area contributed by atoms with Gasteiger partial charge in [-0.1, -0.05) is 26.7 Å². The molecule has 0 aliphatic rings. The number of nitrogens with two attached hydrogens (primary N) is 1. The summed E-state index contributed by atoms with van der Waals surface area (Å²) < 4.78 is 0. The van der Waals surface area contributed by atoms with Crippen molar-refractivity contribution >= 4 is 46.0 Å². The van der Waals surface area contributed by atoms with Gasteiger partial charge < -0.3 is 20.6 Å². The number of thiocarbonyl (C=S) groups is 1. The smallest absolute Gasteiger partial charge is 0.234 e. The van der Waals surface area contributed by atoms with Crippen LogP contribution in [-0.4, -0.2) is 51.7 Å². The summed E-state index contributed by atoms with van der Waals surface area (Å²) in [6.45, 7) is 7.82. The average Bonchev–Trinajstić information content (AvgIpc) is 2.81. The standard InChI is InChI=1S/C20H36N8O5S/c1-4-6-10-26(11-7-5-2)13-16(14(3)24-25-20(34)23-21)19(29)22-17-9-8-15(27(30)31)12-18(17)28(32)33/h8-9,12,16,27-28,30,32H,4-7,10-11,13,21H2,1-3H3,(H,22,29)(H2,23,25,34)/b24-14-. The number of amides is 1. The lowest BCUT2D eigenvalue weighted by Gasteiger charge is -2.27. The molecule has 0 saturated heterocycles. The highest BCUT2D eigenvalue weighted by Gasteiger charge is 2.27. The van der Waals surface area contributed by atoms with E-state index in [1.54, 1.807) is 6.92 Å². The molecular weight excluding hydrogens is 464 g/mol. The molecule has 3 atom stereocenters. The molecule has 0 spiro atoms. The van der Waals surface area contributed by atoms with Crippen LogP contribution in [0.15, 0.2) is 23.3 Å². The van der Waals surface area contributed by atoms with Crippen LogP contribution in [0.25, 0.3) is 0 Å². The molecule has 0 fully saturated rings. The molecule has 34 heavy (non-hydrogen) atoms. The fourth-order valence-electron chi connectivity index (χ4n) is 3.15. The van der Waals surface area contributed by atoms with Crippen molar-refractivity contribution in [2.24, 2.45) is 16.9 Å². The fraction of sp³-hybridized carbons (Fsp3) is 0.550. The second kappa shape index (κ2) is 15.6. The molecule has 0 aliphatic carbocycles. The highest BCUT2D eigenvalue weighted by Crippen LogP contribution is 2.22. The van der Waals surface area contributed by atoms with E-state index in [4.69, 9.17) is 23.3 Å². The second-order valence-corrected chi connectivity index (χ2v) is 8.17. The van der Waals surface area contributed by atoms with E-state index < -0.39 is 22.3 Å². The highest BCUT2D eigenvalue weighted by molar-refractivity contribution is 7.80. The quantitative estimate of drug-likeness (QED) is 0.0726. The van der Waals surface area contributed by atoms with Gasteiger partial charge in [-0.25, -0.2) is 16.3 Å². The highest BCUT2D eigenvalue weighted by atomic mass is 32.1. The Hall–Kier alpha value is -2.27. The van der Waals surface area contributed by atoms with Gasteiger partial charge in [-0.3, -0.25) is 15.6 Å². The number of anilines is 1. The third-order valence-electron chi connectivity index (χ3n) is 5.14. The molecule has 0 radical (unpaired) electrons. The first-order chi connectivity index (χ1) is 16.1. The van der Waals surface area contributed by atoms with Crippen molar-refractivity contribution in [1.29, 1.82) is 0 Å². The first kappa shape index (κ1) is 29.8. The number of nitrogens with zero attached hydrogens (tertiary/aromatic N) is 2. The molecule has 1 rings (SSSR count). The molecule has 1 amide bonds. The number of nitrogens with one attached hydrogen (secondary N) is 5. The van der Waals surface area contributed by atoms with E-state index in [-0.39, 0.29) is 22.2 Å². The van der Waals surface area contributed by atoms with E-state index in [0.717, 1.165) is 44.8 Å². The van der Waals surface area contributed by atoms with Gasteiger partial charge in [0.1, 0.15) is 5.69 Å². The Balaban J connectivity index is 3.24. The van der Waals surface area contributed by atoms with Gasteiger partial charge in [0.05, 0.1) is 12.0 Å². The van der Waals surface area contributed by atoms with Crippen LogP contribution in [-0.2, 0) is 4.79 Å².